The second-order valence-corrected chi connectivity index (χ2v) is 2.70. The van der Waals surface area contributed by atoms with E-state index in [4.69, 9.17) is 5.26 Å². The van der Waals surface area contributed by atoms with Crippen LogP contribution < -0.4 is 0 Å². The summed E-state index contributed by atoms with van der Waals surface area (Å²) >= 11 is 0. The molecular formula is C10H11N3. The van der Waals surface area contributed by atoms with Crippen LogP contribution in [0.15, 0.2) is 18.5 Å². The summed E-state index contributed by atoms with van der Waals surface area (Å²) in [6, 6.07) is 1.98. The molecule has 0 saturated heterocycles. The molecule has 0 aromatic carbocycles. The normalized spacial score (nSPS) is 11.0. The van der Waals surface area contributed by atoms with Gasteiger partial charge in [-0.25, -0.2) is 9.97 Å². The summed E-state index contributed by atoms with van der Waals surface area (Å²) in [5.74, 6) is 0.695. The third-order valence-corrected chi connectivity index (χ3v) is 1.64. The highest BCUT2D eigenvalue weighted by molar-refractivity contribution is 5.56. The first-order valence-electron chi connectivity index (χ1n) is 4.17. The van der Waals surface area contributed by atoms with Crippen molar-refractivity contribution in [3.63, 3.8) is 0 Å². The van der Waals surface area contributed by atoms with Gasteiger partial charge in [0.25, 0.3) is 0 Å². The quantitative estimate of drug-likeness (QED) is 0.688. The summed E-state index contributed by atoms with van der Waals surface area (Å²) in [6.07, 6.45) is 6.10. The van der Waals surface area contributed by atoms with Crippen molar-refractivity contribution in [2.75, 3.05) is 0 Å². The van der Waals surface area contributed by atoms with Crippen molar-refractivity contribution in [1.82, 2.24) is 9.97 Å². The first-order valence-corrected chi connectivity index (χ1v) is 4.17. The van der Waals surface area contributed by atoms with Gasteiger partial charge in [0, 0.05) is 12.4 Å². The van der Waals surface area contributed by atoms with Crippen LogP contribution in [0.1, 0.15) is 31.7 Å². The summed E-state index contributed by atoms with van der Waals surface area (Å²) in [5, 5.41) is 8.53. The molecule has 66 valence electrons. The van der Waals surface area contributed by atoms with Crippen LogP contribution in [0.4, 0.5) is 0 Å². The molecule has 0 aliphatic carbocycles. The smallest absolute Gasteiger partial charge is 0.154 e. The van der Waals surface area contributed by atoms with Gasteiger partial charge in [0.15, 0.2) is 5.82 Å². The van der Waals surface area contributed by atoms with Crippen molar-refractivity contribution in [3.05, 3.63) is 29.9 Å². The molecule has 0 amide bonds. The van der Waals surface area contributed by atoms with E-state index < -0.39 is 0 Å². The molecule has 0 atom stereocenters. The number of hydrogen-bond acceptors (Lipinski definition) is 3. The van der Waals surface area contributed by atoms with E-state index in [2.05, 4.69) is 23.0 Å². The second-order valence-electron chi connectivity index (χ2n) is 2.70. The highest BCUT2D eigenvalue weighted by Gasteiger charge is 1.97. The maximum atomic E-state index is 8.53. The summed E-state index contributed by atoms with van der Waals surface area (Å²) in [7, 11) is 0. The zero-order valence-electron chi connectivity index (χ0n) is 7.78. The Kier molecular flexibility index (Phi) is 3.15. The van der Waals surface area contributed by atoms with Crippen molar-refractivity contribution in [2.45, 2.75) is 20.3 Å². The van der Waals surface area contributed by atoms with E-state index in [1.54, 1.807) is 0 Å². The number of rotatable bonds is 2. The molecule has 0 spiro atoms. The Morgan fingerprint density at radius 3 is 2.62 bits per heavy atom. The number of hydrogen-bond donors (Lipinski definition) is 0. The van der Waals surface area contributed by atoms with E-state index in [-0.39, 0.29) is 0 Å². The second kappa shape index (κ2) is 4.36. The largest absolute Gasteiger partial charge is 0.236 e. The lowest BCUT2D eigenvalue weighted by atomic mass is 10.2. The van der Waals surface area contributed by atoms with Gasteiger partial charge in [0.2, 0.25) is 0 Å². The van der Waals surface area contributed by atoms with E-state index in [1.807, 2.05) is 13.0 Å². The molecule has 0 radical (unpaired) electrons. The van der Waals surface area contributed by atoms with Crippen LogP contribution >= 0.6 is 0 Å². The number of nitrogens with zero attached hydrogens (tertiary/aromatic N) is 3. The summed E-state index contributed by atoms with van der Waals surface area (Å²) < 4.78 is 0. The van der Waals surface area contributed by atoms with Crippen molar-refractivity contribution >= 4 is 5.57 Å². The monoisotopic (exact) mass is 173 g/mol. The van der Waals surface area contributed by atoms with Gasteiger partial charge in [-0.2, -0.15) is 5.26 Å². The maximum Gasteiger partial charge on any atom is 0.154 e. The van der Waals surface area contributed by atoms with Gasteiger partial charge < -0.3 is 0 Å². The third-order valence-electron chi connectivity index (χ3n) is 1.64. The average molecular weight is 173 g/mol. The van der Waals surface area contributed by atoms with Crippen molar-refractivity contribution in [1.29, 1.82) is 5.26 Å². The molecule has 0 unspecified atom stereocenters. The van der Waals surface area contributed by atoms with Gasteiger partial charge in [-0.1, -0.05) is 13.0 Å². The van der Waals surface area contributed by atoms with Gasteiger partial charge in [-0.15, -0.1) is 0 Å². The van der Waals surface area contributed by atoms with Crippen LogP contribution in [0.3, 0.4) is 0 Å². The van der Waals surface area contributed by atoms with Crippen LogP contribution in [0.2, 0.25) is 0 Å². The van der Waals surface area contributed by atoms with Gasteiger partial charge in [-0.05, 0) is 18.9 Å². The minimum atomic E-state index is 0.494. The Labute approximate surface area is 77.8 Å². The Morgan fingerprint density at radius 2 is 2.15 bits per heavy atom. The highest BCUT2D eigenvalue weighted by Crippen LogP contribution is 2.08. The topological polar surface area (TPSA) is 49.6 Å². The van der Waals surface area contributed by atoms with Crippen LogP contribution in [0, 0.1) is 11.3 Å². The lowest BCUT2D eigenvalue weighted by molar-refractivity contribution is 1.09. The van der Waals surface area contributed by atoms with Gasteiger partial charge in [-0.3, -0.25) is 0 Å². The van der Waals surface area contributed by atoms with E-state index in [0.717, 1.165) is 12.0 Å². The van der Waals surface area contributed by atoms with Crippen LogP contribution in [0.25, 0.3) is 5.57 Å². The lowest BCUT2D eigenvalue weighted by Crippen LogP contribution is -1.91. The highest BCUT2D eigenvalue weighted by atomic mass is 14.9. The molecule has 1 aromatic rings. The van der Waals surface area contributed by atoms with E-state index in [9.17, 15) is 0 Å². The molecule has 3 nitrogen and oxygen atoms in total. The molecule has 0 saturated carbocycles. The van der Waals surface area contributed by atoms with Crippen LogP contribution in [-0.4, -0.2) is 9.97 Å². The molecule has 0 fully saturated rings. The van der Waals surface area contributed by atoms with Crippen LogP contribution in [0.5, 0.6) is 0 Å². The van der Waals surface area contributed by atoms with Crippen LogP contribution in [-0.2, 0) is 0 Å². The first-order chi connectivity index (χ1) is 6.27. The third kappa shape index (κ3) is 2.38. The summed E-state index contributed by atoms with van der Waals surface area (Å²) in [5.41, 5.74) is 1.54. The molecule has 0 aliphatic rings. The number of allylic oxidation sites excluding steroid dienone is 2. The Bertz CT molecular complexity index is 343. The SMILES string of the molecule is CC/C=C(/C)c1ncc(C#N)cn1. The first kappa shape index (κ1) is 9.40. The predicted octanol–water partition coefficient (Wildman–Crippen LogP) is 2.16. The van der Waals surface area contributed by atoms with Crippen molar-refractivity contribution in [3.8, 4) is 6.07 Å². The number of nitriles is 1. The molecule has 1 rings (SSSR count). The molecule has 1 aromatic heterocycles. The van der Waals surface area contributed by atoms with E-state index in [0.29, 0.717) is 11.4 Å². The molecule has 3 heteroatoms. The van der Waals surface area contributed by atoms with Crippen molar-refractivity contribution < 1.29 is 0 Å². The van der Waals surface area contributed by atoms with Gasteiger partial charge in [0.05, 0.1) is 5.56 Å². The molecular weight excluding hydrogens is 162 g/mol. The fourth-order valence-corrected chi connectivity index (χ4v) is 0.987. The van der Waals surface area contributed by atoms with Crippen molar-refractivity contribution in [2.24, 2.45) is 0 Å². The lowest BCUT2D eigenvalue weighted by Gasteiger charge is -1.97. The van der Waals surface area contributed by atoms with Gasteiger partial charge in [0.1, 0.15) is 6.07 Å². The van der Waals surface area contributed by atoms with E-state index >= 15 is 0 Å². The molecule has 0 bridgehead atoms. The fraction of sp³-hybridized carbons (Fsp3) is 0.300. The number of aromatic nitrogens is 2. The molecule has 0 aliphatic heterocycles. The minimum Gasteiger partial charge on any atom is -0.236 e. The molecule has 1 heterocycles. The van der Waals surface area contributed by atoms with Gasteiger partial charge >= 0.3 is 0 Å². The molecule has 0 N–H and O–H groups in total. The zero-order valence-corrected chi connectivity index (χ0v) is 7.78. The average Bonchev–Trinajstić information content (AvgIpc) is 2.18. The predicted molar refractivity (Wildman–Crippen MR) is 50.7 cm³/mol. The zero-order chi connectivity index (χ0) is 9.68. The summed E-state index contributed by atoms with van der Waals surface area (Å²) in [4.78, 5) is 8.13. The Balaban J connectivity index is 2.94. The minimum absolute atomic E-state index is 0.494. The Hall–Kier alpha value is -1.69. The maximum absolute atomic E-state index is 8.53. The fourth-order valence-electron chi connectivity index (χ4n) is 0.987. The summed E-state index contributed by atoms with van der Waals surface area (Å²) in [6.45, 7) is 4.03. The van der Waals surface area contributed by atoms with E-state index in [1.165, 1.54) is 12.4 Å². The molecule has 13 heavy (non-hydrogen) atoms. The Morgan fingerprint density at radius 1 is 1.54 bits per heavy atom. The standard InChI is InChI=1S/C10H11N3/c1-3-4-8(2)10-12-6-9(5-11)7-13-10/h4,6-7H,3H2,1-2H3/b8-4-.